The standard InChI is InChI=1S/C20H19N3O2S/c1-25-17-8-3-2-6-15(17)16-7-4-10-23(16)20(24)14-12-21-19(22-13-14)18-9-5-11-26-18/h2-3,5-6,8-9,11-13,16H,4,7,10H2,1H3. The Bertz CT molecular complexity index is 894. The maximum absolute atomic E-state index is 13.0. The highest BCUT2D eigenvalue weighted by Gasteiger charge is 2.32. The number of hydrogen-bond acceptors (Lipinski definition) is 5. The van der Waals surface area contributed by atoms with Crippen molar-refractivity contribution >= 4 is 17.2 Å². The number of para-hydroxylation sites is 1. The molecule has 3 aromatic rings. The smallest absolute Gasteiger partial charge is 0.257 e. The topological polar surface area (TPSA) is 55.3 Å². The molecule has 1 aromatic carbocycles. The van der Waals surface area contributed by atoms with Crippen molar-refractivity contribution in [3.05, 3.63) is 65.3 Å². The average molecular weight is 365 g/mol. The van der Waals surface area contributed by atoms with E-state index < -0.39 is 0 Å². The molecular formula is C20H19N3O2S. The molecule has 0 spiro atoms. The monoisotopic (exact) mass is 365 g/mol. The highest BCUT2D eigenvalue weighted by Crippen LogP contribution is 2.37. The number of carbonyl (C=O) groups is 1. The van der Waals surface area contributed by atoms with E-state index in [1.165, 1.54) is 0 Å². The molecule has 1 unspecified atom stereocenters. The van der Waals surface area contributed by atoms with Crippen LogP contribution in [0.15, 0.2) is 54.2 Å². The zero-order valence-corrected chi connectivity index (χ0v) is 15.3. The van der Waals surface area contributed by atoms with Crippen molar-refractivity contribution in [2.45, 2.75) is 18.9 Å². The van der Waals surface area contributed by atoms with Crippen molar-refractivity contribution in [1.82, 2.24) is 14.9 Å². The van der Waals surface area contributed by atoms with Crippen LogP contribution < -0.4 is 4.74 Å². The summed E-state index contributed by atoms with van der Waals surface area (Å²) >= 11 is 1.58. The van der Waals surface area contributed by atoms with Gasteiger partial charge >= 0.3 is 0 Å². The van der Waals surface area contributed by atoms with Crippen LogP contribution in [-0.2, 0) is 0 Å². The van der Waals surface area contributed by atoms with Crippen molar-refractivity contribution in [1.29, 1.82) is 0 Å². The summed E-state index contributed by atoms with van der Waals surface area (Å²) in [6.45, 7) is 0.730. The summed E-state index contributed by atoms with van der Waals surface area (Å²) in [6.07, 6.45) is 5.16. The number of hydrogen-bond donors (Lipinski definition) is 0. The lowest BCUT2D eigenvalue weighted by molar-refractivity contribution is 0.0733. The number of likely N-dealkylation sites (tertiary alicyclic amines) is 1. The van der Waals surface area contributed by atoms with E-state index in [0.29, 0.717) is 11.4 Å². The quantitative estimate of drug-likeness (QED) is 0.696. The van der Waals surface area contributed by atoms with Gasteiger partial charge in [-0.05, 0) is 30.4 Å². The highest BCUT2D eigenvalue weighted by molar-refractivity contribution is 7.13. The maximum Gasteiger partial charge on any atom is 0.257 e. The predicted molar refractivity (Wildman–Crippen MR) is 101 cm³/mol. The molecule has 0 saturated carbocycles. The van der Waals surface area contributed by atoms with Gasteiger partial charge in [0, 0.05) is 24.5 Å². The average Bonchev–Trinajstić information content (AvgIpc) is 3.39. The number of benzene rings is 1. The van der Waals surface area contributed by atoms with Crippen LogP contribution in [0.25, 0.3) is 10.7 Å². The molecule has 1 fully saturated rings. The third-order valence-corrected chi connectivity index (χ3v) is 5.52. The Morgan fingerprint density at radius 3 is 2.73 bits per heavy atom. The summed E-state index contributed by atoms with van der Waals surface area (Å²) in [4.78, 5) is 24.7. The van der Waals surface area contributed by atoms with Crippen molar-refractivity contribution in [2.75, 3.05) is 13.7 Å². The first-order valence-corrected chi connectivity index (χ1v) is 9.45. The first-order chi connectivity index (χ1) is 12.8. The van der Waals surface area contributed by atoms with Gasteiger partial charge in [0.2, 0.25) is 0 Å². The highest BCUT2D eigenvalue weighted by atomic mass is 32.1. The number of nitrogens with zero attached hydrogens (tertiary/aromatic N) is 3. The van der Waals surface area contributed by atoms with Crippen molar-refractivity contribution < 1.29 is 9.53 Å². The van der Waals surface area contributed by atoms with Crippen LogP contribution in [0.1, 0.15) is 34.8 Å². The molecule has 2 aromatic heterocycles. The molecule has 6 heteroatoms. The van der Waals surface area contributed by atoms with Gasteiger partial charge in [-0.1, -0.05) is 24.3 Å². The van der Waals surface area contributed by atoms with E-state index in [-0.39, 0.29) is 11.9 Å². The first kappa shape index (κ1) is 16.7. The van der Waals surface area contributed by atoms with Crippen LogP contribution in [0.2, 0.25) is 0 Å². The lowest BCUT2D eigenvalue weighted by Gasteiger charge is -2.26. The normalized spacial score (nSPS) is 16.7. The Morgan fingerprint density at radius 1 is 1.19 bits per heavy atom. The third kappa shape index (κ3) is 3.08. The van der Waals surface area contributed by atoms with Crippen LogP contribution in [0.3, 0.4) is 0 Å². The first-order valence-electron chi connectivity index (χ1n) is 8.57. The van der Waals surface area contributed by atoms with Gasteiger partial charge in [0.1, 0.15) is 5.75 Å². The Labute approximate surface area is 156 Å². The fourth-order valence-electron chi connectivity index (χ4n) is 3.41. The Hall–Kier alpha value is -2.73. The van der Waals surface area contributed by atoms with E-state index in [0.717, 1.165) is 35.6 Å². The van der Waals surface area contributed by atoms with E-state index in [1.807, 2.05) is 46.7 Å². The van der Waals surface area contributed by atoms with Gasteiger partial charge in [0.15, 0.2) is 5.82 Å². The number of ether oxygens (including phenoxy) is 1. The number of rotatable bonds is 4. The second-order valence-electron chi connectivity index (χ2n) is 6.17. The summed E-state index contributed by atoms with van der Waals surface area (Å²) in [6, 6.07) is 11.9. The summed E-state index contributed by atoms with van der Waals surface area (Å²) in [5.41, 5.74) is 1.57. The Morgan fingerprint density at radius 2 is 2.00 bits per heavy atom. The molecule has 0 radical (unpaired) electrons. The zero-order valence-electron chi connectivity index (χ0n) is 14.5. The van der Waals surface area contributed by atoms with Crippen LogP contribution in [-0.4, -0.2) is 34.4 Å². The van der Waals surface area contributed by atoms with Gasteiger partial charge in [-0.15, -0.1) is 11.3 Å². The summed E-state index contributed by atoms with van der Waals surface area (Å²) in [5, 5.41) is 1.99. The van der Waals surface area contributed by atoms with Crippen molar-refractivity contribution in [2.24, 2.45) is 0 Å². The van der Waals surface area contributed by atoms with E-state index in [2.05, 4.69) is 9.97 Å². The van der Waals surface area contributed by atoms with E-state index in [4.69, 9.17) is 4.74 Å². The van der Waals surface area contributed by atoms with Gasteiger partial charge in [0.25, 0.3) is 5.91 Å². The molecule has 1 aliphatic heterocycles. The summed E-state index contributed by atoms with van der Waals surface area (Å²) < 4.78 is 5.49. The number of methoxy groups -OCH3 is 1. The lowest BCUT2D eigenvalue weighted by atomic mass is 10.0. The van der Waals surface area contributed by atoms with Crippen LogP contribution >= 0.6 is 11.3 Å². The number of thiophene rings is 1. The second-order valence-corrected chi connectivity index (χ2v) is 7.12. The lowest BCUT2D eigenvalue weighted by Crippen LogP contribution is -2.31. The number of aromatic nitrogens is 2. The molecule has 0 aliphatic carbocycles. The fourth-order valence-corrected chi connectivity index (χ4v) is 4.08. The SMILES string of the molecule is COc1ccccc1C1CCCN1C(=O)c1cnc(-c2cccs2)nc1. The molecule has 0 bridgehead atoms. The predicted octanol–water partition coefficient (Wildman–Crippen LogP) is 4.19. The number of carbonyl (C=O) groups excluding carboxylic acids is 1. The van der Waals surface area contributed by atoms with Gasteiger partial charge in [-0.2, -0.15) is 0 Å². The van der Waals surface area contributed by atoms with Gasteiger partial charge in [-0.3, -0.25) is 4.79 Å². The molecule has 5 nitrogen and oxygen atoms in total. The molecule has 1 saturated heterocycles. The summed E-state index contributed by atoms with van der Waals surface area (Å²) in [5.74, 6) is 1.44. The second kappa shape index (κ2) is 7.25. The minimum absolute atomic E-state index is 0.0237. The Balaban J connectivity index is 1.59. The molecule has 132 valence electrons. The maximum atomic E-state index is 13.0. The van der Waals surface area contributed by atoms with Gasteiger partial charge < -0.3 is 9.64 Å². The molecule has 3 heterocycles. The largest absolute Gasteiger partial charge is 0.496 e. The molecule has 0 N–H and O–H groups in total. The van der Waals surface area contributed by atoms with E-state index in [9.17, 15) is 4.79 Å². The van der Waals surface area contributed by atoms with Gasteiger partial charge in [-0.25, -0.2) is 9.97 Å². The molecular weight excluding hydrogens is 346 g/mol. The van der Waals surface area contributed by atoms with Crippen LogP contribution in [0.5, 0.6) is 5.75 Å². The minimum Gasteiger partial charge on any atom is -0.496 e. The van der Waals surface area contributed by atoms with E-state index >= 15 is 0 Å². The number of amides is 1. The van der Waals surface area contributed by atoms with Crippen LogP contribution in [0.4, 0.5) is 0 Å². The third-order valence-electron chi connectivity index (χ3n) is 4.65. The molecule has 1 amide bonds. The fraction of sp³-hybridized carbons (Fsp3) is 0.250. The minimum atomic E-state index is -0.0314. The van der Waals surface area contributed by atoms with Crippen LogP contribution in [0, 0.1) is 0 Å². The molecule has 26 heavy (non-hydrogen) atoms. The van der Waals surface area contributed by atoms with E-state index in [1.54, 1.807) is 30.8 Å². The van der Waals surface area contributed by atoms with Crippen molar-refractivity contribution in [3.63, 3.8) is 0 Å². The molecule has 1 atom stereocenters. The Kier molecular flexibility index (Phi) is 4.67. The molecule has 4 rings (SSSR count). The van der Waals surface area contributed by atoms with Crippen molar-refractivity contribution in [3.8, 4) is 16.5 Å². The zero-order chi connectivity index (χ0) is 17.9. The van der Waals surface area contributed by atoms with Gasteiger partial charge in [0.05, 0.1) is 23.6 Å². The molecule has 1 aliphatic rings. The summed E-state index contributed by atoms with van der Waals surface area (Å²) in [7, 11) is 1.66.